The van der Waals surface area contributed by atoms with E-state index in [-0.39, 0.29) is 6.04 Å². The van der Waals surface area contributed by atoms with Crippen LogP contribution in [0.5, 0.6) is 0 Å². The fourth-order valence-electron chi connectivity index (χ4n) is 2.13. The summed E-state index contributed by atoms with van der Waals surface area (Å²) in [6.07, 6.45) is 0. The first kappa shape index (κ1) is 14.1. The van der Waals surface area contributed by atoms with Crippen LogP contribution in [0.25, 0.3) is 5.65 Å². The van der Waals surface area contributed by atoms with E-state index >= 15 is 0 Å². The van der Waals surface area contributed by atoms with Crippen molar-refractivity contribution in [3.63, 3.8) is 0 Å². The van der Waals surface area contributed by atoms with Crippen LogP contribution in [0, 0.1) is 6.92 Å². The summed E-state index contributed by atoms with van der Waals surface area (Å²) in [5, 5.41) is 17.0. The number of nitrogens with zero attached hydrogens (tertiary/aromatic N) is 4. The van der Waals surface area contributed by atoms with Crippen molar-refractivity contribution in [2.24, 2.45) is 0 Å². The number of anilines is 1. The van der Waals surface area contributed by atoms with Crippen molar-refractivity contribution in [3.05, 3.63) is 51.8 Å². The molecule has 3 rings (SSSR count). The Morgan fingerprint density at radius 2 is 1.95 bits per heavy atom. The highest BCUT2D eigenvalue weighted by atomic mass is 35.5. The van der Waals surface area contributed by atoms with E-state index in [2.05, 4.69) is 20.6 Å². The van der Waals surface area contributed by atoms with Gasteiger partial charge in [-0.05, 0) is 43.7 Å². The standard InChI is InChI=1S/C14H13Cl2N5/c1-8(11-4-3-10(15)7-12(11)16)17-13-5-6-14-19-18-9(2)21(14)20-13/h3-8H,1-2H3,(H,17,20)/t8-/m0/s1. The molecule has 7 heteroatoms. The van der Waals surface area contributed by atoms with Crippen molar-refractivity contribution in [1.82, 2.24) is 19.8 Å². The third kappa shape index (κ3) is 2.80. The first-order valence-corrected chi connectivity index (χ1v) is 7.21. The third-order valence-corrected chi connectivity index (χ3v) is 3.77. The maximum atomic E-state index is 6.22. The fraction of sp³-hybridized carbons (Fsp3) is 0.214. The highest BCUT2D eigenvalue weighted by molar-refractivity contribution is 6.35. The normalized spacial score (nSPS) is 12.6. The minimum Gasteiger partial charge on any atom is -0.362 e. The van der Waals surface area contributed by atoms with Gasteiger partial charge in [0.2, 0.25) is 0 Å². The van der Waals surface area contributed by atoms with Crippen LogP contribution in [0.2, 0.25) is 10.0 Å². The van der Waals surface area contributed by atoms with Gasteiger partial charge in [-0.15, -0.1) is 15.3 Å². The number of hydrogen-bond donors (Lipinski definition) is 1. The summed E-state index contributed by atoms with van der Waals surface area (Å²) >= 11 is 12.1. The summed E-state index contributed by atoms with van der Waals surface area (Å²) in [5.74, 6) is 1.47. The van der Waals surface area contributed by atoms with Gasteiger partial charge in [0.15, 0.2) is 11.5 Å². The molecule has 21 heavy (non-hydrogen) atoms. The summed E-state index contributed by atoms with van der Waals surface area (Å²) in [7, 11) is 0. The summed E-state index contributed by atoms with van der Waals surface area (Å²) in [6.45, 7) is 3.87. The quantitative estimate of drug-likeness (QED) is 0.794. The lowest BCUT2D eigenvalue weighted by atomic mass is 10.1. The van der Waals surface area contributed by atoms with Gasteiger partial charge in [-0.1, -0.05) is 29.3 Å². The third-order valence-electron chi connectivity index (χ3n) is 3.21. The van der Waals surface area contributed by atoms with Crippen molar-refractivity contribution in [1.29, 1.82) is 0 Å². The van der Waals surface area contributed by atoms with Crippen LogP contribution < -0.4 is 5.32 Å². The molecular formula is C14H13Cl2N5. The smallest absolute Gasteiger partial charge is 0.178 e. The highest BCUT2D eigenvalue weighted by Gasteiger charge is 2.11. The molecule has 5 nitrogen and oxygen atoms in total. The van der Waals surface area contributed by atoms with Crippen molar-refractivity contribution >= 4 is 34.7 Å². The predicted octanol–water partition coefficient (Wildman–Crippen LogP) is 3.91. The second-order valence-electron chi connectivity index (χ2n) is 4.77. The Bertz CT molecular complexity index is 799. The summed E-state index contributed by atoms with van der Waals surface area (Å²) in [6, 6.07) is 9.19. The lowest BCUT2D eigenvalue weighted by molar-refractivity contribution is 0.829. The van der Waals surface area contributed by atoms with Crippen LogP contribution in [-0.4, -0.2) is 19.8 Å². The van der Waals surface area contributed by atoms with Gasteiger partial charge in [0.05, 0.1) is 6.04 Å². The molecular weight excluding hydrogens is 309 g/mol. The minimum atomic E-state index is -0.00324. The van der Waals surface area contributed by atoms with Crippen LogP contribution in [0.3, 0.4) is 0 Å². The van der Waals surface area contributed by atoms with Gasteiger partial charge in [0, 0.05) is 10.0 Å². The zero-order valence-electron chi connectivity index (χ0n) is 11.5. The molecule has 0 saturated carbocycles. The molecule has 0 spiro atoms. The number of benzene rings is 1. The SMILES string of the molecule is Cc1nnc2ccc(N[C@@H](C)c3ccc(Cl)cc3Cl)nn12. The molecule has 0 unspecified atom stereocenters. The van der Waals surface area contributed by atoms with Crippen molar-refractivity contribution in [3.8, 4) is 0 Å². The molecule has 1 atom stereocenters. The molecule has 0 aliphatic heterocycles. The van der Waals surface area contributed by atoms with Crippen LogP contribution in [0.15, 0.2) is 30.3 Å². The van der Waals surface area contributed by atoms with E-state index < -0.39 is 0 Å². The second kappa shape index (κ2) is 5.50. The molecule has 2 heterocycles. The summed E-state index contributed by atoms with van der Waals surface area (Å²) in [5.41, 5.74) is 1.68. The number of hydrogen-bond acceptors (Lipinski definition) is 4. The molecule has 3 aromatic rings. The molecule has 2 aromatic heterocycles. The fourth-order valence-corrected chi connectivity index (χ4v) is 2.70. The molecule has 0 radical (unpaired) electrons. The molecule has 1 N–H and O–H groups in total. The summed E-state index contributed by atoms with van der Waals surface area (Å²) < 4.78 is 1.69. The number of aromatic nitrogens is 4. The van der Waals surface area contributed by atoms with Gasteiger partial charge in [0.1, 0.15) is 5.82 Å². The zero-order valence-corrected chi connectivity index (χ0v) is 13.0. The molecule has 0 aliphatic rings. The molecule has 1 aromatic carbocycles. The van der Waals surface area contributed by atoms with E-state index in [1.54, 1.807) is 10.6 Å². The average Bonchev–Trinajstić information content (AvgIpc) is 2.80. The number of aryl methyl sites for hydroxylation is 1. The number of nitrogens with one attached hydrogen (secondary N) is 1. The van der Waals surface area contributed by atoms with E-state index in [0.29, 0.717) is 10.0 Å². The van der Waals surface area contributed by atoms with Gasteiger partial charge in [-0.2, -0.15) is 4.52 Å². The topological polar surface area (TPSA) is 55.1 Å². The van der Waals surface area contributed by atoms with Gasteiger partial charge in [-0.25, -0.2) is 0 Å². The monoisotopic (exact) mass is 321 g/mol. The Morgan fingerprint density at radius 1 is 1.14 bits per heavy atom. The van der Waals surface area contributed by atoms with Crippen LogP contribution in [-0.2, 0) is 0 Å². The number of rotatable bonds is 3. The Balaban J connectivity index is 1.88. The average molecular weight is 322 g/mol. The predicted molar refractivity (Wildman–Crippen MR) is 84.0 cm³/mol. The largest absolute Gasteiger partial charge is 0.362 e. The maximum absolute atomic E-state index is 6.22. The molecule has 0 amide bonds. The van der Waals surface area contributed by atoms with E-state index in [1.165, 1.54) is 0 Å². The molecule has 0 fully saturated rings. The second-order valence-corrected chi connectivity index (χ2v) is 5.61. The lowest BCUT2D eigenvalue weighted by Gasteiger charge is -2.16. The van der Waals surface area contributed by atoms with E-state index in [0.717, 1.165) is 22.9 Å². The van der Waals surface area contributed by atoms with Gasteiger partial charge in [0.25, 0.3) is 0 Å². The van der Waals surface area contributed by atoms with Crippen molar-refractivity contribution < 1.29 is 0 Å². The first-order valence-electron chi connectivity index (χ1n) is 6.45. The molecule has 108 valence electrons. The van der Waals surface area contributed by atoms with Crippen LogP contribution >= 0.6 is 23.2 Å². The Kier molecular flexibility index (Phi) is 3.69. The molecule has 0 bridgehead atoms. The van der Waals surface area contributed by atoms with Crippen molar-refractivity contribution in [2.75, 3.05) is 5.32 Å². The summed E-state index contributed by atoms with van der Waals surface area (Å²) in [4.78, 5) is 0. The lowest BCUT2D eigenvalue weighted by Crippen LogP contribution is -2.10. The van der Waals surface area contributed by atoms with Gasteiger partial charge >= 0.3 is 0 Å². The minimum absolute atomic E-state index is 0.00324. The van der Waals surface area contributed by atoms with Crippen molar-refractivity contribution in [2.45, 2.75) is 19.9 Å². The van der Waals surface area contributed by atoms with Crippen LogP contribution in [0.4, 0.5) is 5.82 Å². The Hall–Kier alpha value is -1.85. The number of halogens is 2. The highest BCUT2D eigenvalue weighted by Crippen LogP contribution is 2.28. The van der Waals surface area contributed by atoms with E-state index in [4.69, 9.17) is 23.2 Å². The van der Waals surface area contributed by atoms with Crippen LogP contribution in [0.1, 0.15) is 24.4 Å². The Labute approximate surface area is 131 Å². The Morgan fingerprint density at radius 3 is 2.71 bits per heavy atom. The van der Waals surface area contributed by atoms with E-state index in [9.17, 15) is 0 Å². The van der Waals surface area contributed by atoms with E-state index in [1.807, 2.05) is 38.1 Å². The maximum Gasteiger partial charge on any atom is 0.178 e. The van der Waals surface area contributed by atoms with Gasteiger partial charge < -0.3 is 5.32 Å². The first-order chi connectivity index (χ1) is 10.0. The van der Waals surface area contributed by atoms with Gasteiger partial charge in [-0.3, -0.25) is 0 Å². The zero-order chi connectivity index (χ0) is 15.0. The molecule has 0 aliphatic carbocycles. The molecule has 0 saturated heterocycles. The number of fused-ring (bicyclic) bond motifs is 1.